The number of sulfonamides is 1. The van der Waals surface area contributed by atoms with Crippen LogP contribution in [-0.4, -0.2) is 33.5 Å². The van der Waals surface area contributed by atoms with Crippen LogP contribution in [0.3, 0.4) is 0 Å². The van der Waals surface area contributed by atoms with Gasteiger partial charge in [0.25, 0.3) is 0 Å². The molecule has 0 spiro atoms. The molecule has 0 atom stereocenters. The summed E-state index contributed by atoms with van der Waals surface area (Å²) in [5.74, 6) is 1.15. The van der Waals surface area contributed by atoms with Gasteiger partial charge in [0.1, 0.15) is 0 Å². The van der Waals surface area contributed by atoms with Gasteiger partial charge in [0, 0.05) is 25.7 Å². The summed E-state index contributed by atoms with van der Waals surface area (Å²) in [5, 5.41) is 6.37. The maximum absolute atomic E-state index is 12.6. The molecule has 8 heteroatoms. The number of hydrogen-bond acceptors (Lipinski definition) is 3. The standard InChI is InChI=1S/C17H30N4O2S.HI/c1-13(2)11-19-16(18-6)20-12-14-9-7-8-10-15(14)24(22,23)21-17(3,4)5;/h7-10,13,21H,11-12H2,1-6H3,(H2,18,19,20);1H. The predicted octanol–water partition coefficient (Wildman–Crippen LogP) is 2.70. The summed E-state index contributed by atoms with van der Waals surface area (Å²) in [7, 11) is -1.89. The highest BCUT2D eigenvalue weighted by Gasteiger charge is 2.24. The van der Waals surface area contributed by atoms with Crippen molar-refractivity contribution in [2.45, 2.75) is 51.6 Å². The van der Waals surface area contributed by atoms with E-state index in [1.807, 2.05) is 26.8 Å². The number of nitrogens with zero attached hydrogens (tertiary/aromatic N) is 1. The summed E-state index contributed by atoms with van der Waals surface area (Å²) in [6.45, 7) is 10.9. The van der Waals surface area contributed by atoms with Gasteiger partial charge in [0.05, 0.1) is 4.90 Å². The third-order valence-electron chi connectivity index (χ3n) is 3.05. The molecule has 1 aromatic carbocycles. The van der Waals surface area contributed by atoms with Crippen LogP contribution in [0.5, 0.6) is 0 Å². The second-order valence-electron chi connectivity index (χ2n) is 7.16. The number of nitrogens with one attached hydrogen (secondary N) is 3. The number of halogens is 1. The van der Waals surface area contributed by atoms with Gasteiger partial charge >= 0.3 is 0 Å². The predicted molar refractivity (Wildman–Crippen MR) is 115 cm³/mol. The molecular formula is C17H31IN4O2S. The maximum Gasteiger partial charge on any atom is 0.241 e. The first kappa shape index (κ1) is 24.1. The Hall–Kier alpha value is -0.870. The molecular weight excluding hydrogens is 451 g/mol. The molecule has 3 N–H and O–H groups in total. The van der Waals surface area contributed by atoms with Gasteiger partial charge in [-0.05, 0) is 38.3 Å². The average Bonchev–Trinajstić information content (AvgIpc) is 2.45. The van der Waals surface area contributed by atoms with Crippen LogP contribution >= 0.6 is 24.0 Å². The molecule has 144 valence electrons. The minimum Gasteiger partial charge on any atom is -0.356 e. The highest BCUT2D eigenvalue weighted by atomic mass is 127. The van der Waals surface area contributed by atoms with Crippen molar-refractivity contribution in [3.05, 3.63) is 29.8 Å². The summed E-state index contributed by atoms with van der Waals surface area (Å²) in [5.41, 5.74) is 0.163. The van der Waals surface area contributed by atoms with Gasteiger partial charge in [0.2, 0.25) is 10.0 Å². The lowest BCUT2D eigenvalue weighted by atomic mass is 10.1. The summed E-state index contributed by atoms with van der Waals surface area (Å²) < 4.78 is 27.9. The number of benzene rings is 1. The van der Waals surface area contributed by atoms with E-state index in [-0.39, 0.29) is 28.9 Å². The Labute approximate surface area is 169 Å². The quantitative estimate of drug-likeness (QED) is 0.331. The molecule has 0 bridgehead atoms. The summed E-state index contributed by atoms with van der Waals surface area (Å²) in [4.78, 5) is 4.44. The average molecular weight is 482 g/mol. The van der Waals surface area contributed by atoms with Crippen molar-refractivity contribution >= 4 is 40.0 Å². The van der Waals surface area contributed by atoms with E-state index in [4.69, 9.17) is 0 Å². The minimum atomic E-state index is -3.58. The molecule has 0 aliphatic carbocycles. The van der Waals surface area contributed by atoms with Crippen molar-refractivity contribution in [1.29, 1.82) is 0 Å². The van der Waals surface area contributed by atoms with Crippen LogP contribution in [0.4, 0.5) is 0 Å². The van der Waals surface area contributed by atoms with E-state index in [0.29, 0.717) is 24.0 Å². The molecule has 0 fully saturated rings. The first-order valence-electron chi connectivity index (χ1n) is 8.11. The van der Waals surface area contributed by atoms with Crippen molar-refractivity contribution in [3.63, 3.8) is 0 Å². The molecule has 6 nitrogen and oxygen atoms in total. The number of aliphatic imine (C=N–C) groups is 1. The van der Waals surface area contributed by atoms with E-state index in [2.05, 4.69) is 34.2 Å². The Bertz CT molecular complexity index is 667. The fraction of sp³-hybridized carbons (Fsp3) is 0.588. The molecule has 1 rings (SSSR count). The molecule has 0 radical (unpaired) electrons. The Morgan fingerprint density at radius 2 is 1.76 bits per heavy atom. The lowest BCUT2D eigenvalue weighted by molar-refractivity contribution is 0.491. The third-order valence-corrected chi connectivity index (χ3v) is 4.91. The van der Waals surface area contributed by atoms with Crippen molar-refractivity contribution in [2.24, 2.45) is 10.9 Å². The summed E-state index contributed by atoms with van der Waals surface area (Å²) in [6, 6.07) is 6.99. The van der Waals surface area contributed by atoms with Crippen LogP contribution in [0.2, 0.25) is 0 Å². The molecule has 0 saturated carbocycles. The van der Waals surface area contributed by atoms with Gasteiger partial charge in [-0.25, -0.2) is 13.1 Å². The molecule has 25 heavy (non-hydrogen) atoms. The first-order valence-corrected chi connectivity index (χ1v) is 9.60. The monoisotopic (exact) mass is 482 g/mol. The number of guanidine groups is 1. The molecule has 0 aliphatic rings. The van der Waals surface area contributed by atoms with E-state index < -0.39 is 15.6 Å². The van der Waals surface area contributed by atoms with Crippen molar-refractivity contribution in [1.82, 2.24) is 15.4 Å². The highest BCUT2D eigenvalue weighted by molar-refractivity contribution is 14.0. The summed E-state index contributed by atoms with van der Waals surface area (Å²) >= 11 is 0. The molecule has 1 aromatic rings. The normalized spacial score (nSPS) is 12.7. The van der Waals surface area contributed by atoms with Gasteiger partial charge in [-0.3, -0.25) is 4.99 Å². The van der Waals surface area contributed by atoms with Crippen molar-refractivity contribution in [3.8, 4) is 0 Å². The fourth-order valence-electron chi connectivity index (χ4n) is 2.07. The first-order chi connectivity index (χ1) is 11.0. The van der Waals surface area contributed by atoms with Gasteiger partial charge in [-0.2, -0.15) is 0 Å². The SMILES string of the molecule is CN=C(NCc1ccccc1S(=O)(=O)NC(C)(C)C)NCC(C)C.I. The lowest BCUT2D eigenvalue weighted by Crippen LogP contribution is -2.41. The smallest absolute Gasteiger partial charge is 0.241 e. The zero-order valence-electron chi connectivity index (χ0n) is 15.9. The molecule has 0 unspecified atom stereocenters. The molecule has 0 aromatic heterocycles. The lowest BCUT2D eigenvalue weighted by Gasteiger charge is -2.22. The highest BCUT2D eigenvalue weighted by Crippen LogP contribution is 2.17. The van der Waals surface area contributed by atoms with E-state index in [1.54, 1.807) is 25.2 Å². The van der Waals surface area contributed by atoms with Gasteiger partial charge in [0.15, 0.2) is 5.96 Å². The van der Waals surface area contributed by atoms with Crippen molar-refractivity contribution in [2.75, 3.05) is 13.6 Å². The van der Waals surface area contributed by atoms with Crippen LogP contribution < -0.4 is 15.4 Å². The van der Waals surface area contributed by atoms with Crippen LogP contribution in [0.25, 0.3) is 0 Å². The molecule has 0 heterocycles. The fourth-order valence-corrected chi connectivity index (χ4v) is 3.73. The Balaban J connectivity index is 0.00000576. The van der Waals surface area contributed by atoms with E-state index in [0.717, 1.165) is 6.54 Å². The van der Waals surface area contributed by atoms with E-state index >= 15 is 0 Å². The van der Waals surface area contributed by atoms with E-state index in [9.17, 15) is 8.42 Å². The van der Waals surface area contributed by atoms with Crippen molar-refractivity contribution < 1.29 is 8.42 Å². The number of hydrogen-bond donors (Lipinski definition) is 3. The Kier molecular flexibility index (Phi) is 9.96. The summed E-state index contributed by atoms with van der Waals surface area (Å²) in [6.07, 6.45) is 0. The van der Waals surface area contributed by atoms with E-state index in [1.165, 1.54) is 0 Å². The molecule has 0 amide bonds. The third kappa shape index (κ3) is 8.87. The molecule has 0 saturated heterocycles. The van der Waals surface area contributed by atoms with Crippen LogP contribution in [0, 0.1) is 5.92 Å². The van der Waals surface area contributed by atoms with Crippen LogP contribution in [-0.2, 0) is 16.6 Å². The van der Waals surface area contributed by atoms with Gasteiger partial charge < -0.3 is 10.6 Å². The van der Waals surface area contributed by atoms with Gasteiger partial charge in [-0.1, -0.05) is 32.0 Å². The maximum atomic E-state index is 12.6. The second kappa shape index (κ2) is 10.3. The van der Waals surface area contributed by atoms with Crippen LogP contribution in [0.1, 0.15) is 40.2 Å². The molecule has 0 aliphatic heterocycles. The minimum absolute atomic E-state index is 0. The van der Waals surface area contributed by atoms with Gasteiger partial charge in [-0.15, -0.1) is 24.0 Å². The largest absolute Gasteiger partial charge is 0.356 e. The second-order valence-corrected chi connectivity index (χ2v) is 8.81. The topological polar surface area (TPSA) is 82.6 Å². The zero-order valence-corrected chi connectivity index (χ0v) is 19.0. The number of rotatable bonds is 6. The zero-order chi connectivity index (χ0) is 18.4. The Morgan fingerprint density at radius 3 is 2.28 bits per heavy atom. The van der Waals surface area contributed by atoms with Crippen LogP contribution in [0.15, 0.2) is 34.2 Å². The Morgan fingerprint density at radius 1 is 1.16 bits per heavy atom.